The number of carbonyl (C=O) groups is 3. The topological polar surface area (TPSA) is 176 Å². The number of pyridine rings is 2. The molecule has 1 atom stereocenters. The number of carboxylic acids is 1. The highest BCUT2D eigenvalue weighted by Gasteiger charge is 2.25. The number of hydrogen-bond donors (Lipinski definition) is 3. The van der Waals surface area contributed by atoms with Gasteiger partial charge in [-0.15, -0.1) is 0 Å². The fourth-order valence-electron chi connectivity index (χ4n) is 4.78. The van der Waals surface area contributed by atoms with Gasteiger partial charge in [-0.25, -0.2) is 9.67 Å². The minimum atomic E-state index is -0.833. The number of carbonyl (C=O) groups excluding carboxylic acids is 2. The second-order valence-corrected chi connectivity index (χ2v) is 10.5. The third kappa shape index (κ3) is 8.61. The highest BCUT2D eigenvalue weighted by molar-refractivity contribution is 6.04. The van der Waals surface area contributed by atoms with E-state index < -0.39 is 29.5 Å². The summed E-state index contributed by atoms with van der Waals surface area (Å²) in [5.74, 6) is 0.0759. The fourth-order valence-corrected chi connectivity index (χ4v) is 4.78. The summed E-state index contributed by atoms with van der Waals surface area (Å²) in [4.78, 5) is 56.8. The van der Waals surface area contributed by atoms with Crippen LogP contribution < -0.4 is 25.7 Å². The lowest BCUT2D eigenvalue weighted by molar-refractivity contribution is -0.147. The minimum absolute atomic E-state index is 0.0524. The molecule has 14 nitrogen and oxygen atoms in total. The lowest BCUT2D eigenvalue weighted by Gasteiger charge is -2.18. The number of anilines is 1. The number of fused-ring (bicyclic) bond motifs is 1. The number of ether oxygens (including phenoxy) is 3. The number of likely N-dealkylation sites (N-methyl/N-ethyl adjacent to an activating group) is 1. The zero-order valence-corrected chi connectivity index (χ0v) is 27.1. The van der Waals surface area contributed by atoms with Gasteiger partial charge >= 0.3 is 5.97 Å². The molecular weight excluding hydrogens is 620 g/mol. The van der Waals surface area contributed by atoms with Crippen LogP contribution >= 0.6 is 0 Å². The monoisotopic (exact) mass is 656 g/mol. The molecule has 250 valence electrons. The quantitative estimate of drug-likeness (QED) is 0.174. The van der Waals surface area contributed by atoms with E-state index in [0.717, 1.165) is 12.3 Å². The Kier molecular flexibility index (Phi) is 11.6. The molecule has 0 aliphatic carbocycles. The highest BCUT2D eigenvalue weighted by atomic mass is 16.5. The predicted octanol–water partition coefficient (Wildman–Crippen LogP) is 4.19. The number of carboxylic acid groups (broad SMARTS) is 1. The van der Waals surface area contributed by atoms with E-state index in [4.69, 9.17) is 24.1 Å². The fraction of sp³-hybridized carbons (Fsp3) is 0.235. The smallest absolute Gasteiger partial charge is 0.320 e. The first-order valence-electron chi connectivity index (χ1n) is 14.8. The van der Waals surface area contributed by atoms with Crippen LogP contribution in [-0.2, 0) is 20.9 Å². The first kappa shape index (κ1) is 34.8. The van der Waals surface area contributed by atoms with Crippen molar-refractivity contribution in [1.82, 2.24) is 24.6 Å². The van der Waals surface area contributed by atoms with Gasteiger partial charge in [-0.2, -0.15) is 0 Å². The maximum absolute atomic E-state index is 13.7. The molecule has 3 aromatic heterocycles. The molecule has 0 aliphatic heterocycles. The molecule has 0 bridgehead atoms. The lowest BCUT2D eigenvalue weighted by atomic mass is 10.2. The van der Waals surface area contributed by atoms with E-state index in [1.807, 2.05) is 24.3 Å². The van der Waals surface area contributed by atoms with Gasteiger partial charge in [0.1, 0.15) is 34.7 Å². The SMILES string of the molecule is CC(=O)O.CNCC(=O)O[C@H](C)Cn1c(C)c(C(=O)Nc2ccc(Oc3ccnc4cc(OC)ccc34)cn2)c(=O)n1-c1ccccc1. The molecule has 0 spiro atoms. The van der Waals surface area contributed by atoms with Crippen molar-refractivity contribution in [2.75, 3.05) is 26.0 Å². The zero-order valence-electron chi connectivity index (χ0n) is 27.1. The van der Waals surface area contributed by atoms with E-state index >= 15 is 0 Å². The van der Waals surface area contributed by atoms with Gasteiger partial charge in [0.15, 0.2) is 0 Å². The van der Waals surface area contributed by atoms with Gasteiger partial charge < -0.3 is 30.0 Å². The Balaban J connectivity index is 0.00000123. The average Bonchev–Trinajstić information content (AvgIpc) is 3.30. The van der Waals surface area contributed by atoms with Crippen LogP contribution in [-0.4, -0.2) is 69.1 Å². The van der Waals surface area contributed by atoms with E-state index in [-0.39, 0.29) is 24.5 Å². The van der Waals surface area contributed by atoms with Crippen LogP contribution in [0.15, 0.2) is 83.9 Å². The van der Waals surface area contributed by atoms with Crippen molar-refractivity contribution >= 4 is 34.6 Å². The van der Waals surface area contributed by atoms with Gasteiger partial charge in [-0.3, -0.25) is 28.8 Å². The summed E-state index contributed by atoms with van der Waals surface area (Å²) in [6.07, 6.45) is 2.55. The Hall–Kier alpha value is -6.02. The van der Waals surface area contributed by atoms with Crippen LogP contribution in [0.5, 0.6) is 17.2 Å². The molecule has 0 aliphatic rings. The molecule has 3 N–H and O–H groups in total. The summed E-state index contributed by atoms with van der Waals surface area (Å²) in [5.41, 5.74) is 1.13. The first-order valence-corrected chi connectivity index (χ1v) is 14.8. The Morgan fingerprint density at radius 2 is 1.71 bits per heavy atom. The summed E-state index contributed by atoms with van der Waals surface area (Å²) in [5, 5.41) is 13.7. The summed E-state index contributed by atoms with van der Waals surface area (Å²) in [7, 11) is 3.24. The van der Waals surface area contributed by atoms with Gasteiger partial charge in [-0.1, -0.05) is 18.2 Å². The van der Waals surface area contributed by atoms with Crippen molar-refractivity contribution in [1.29, 1.82) is 0 Å². The maximum Gasteiger partial charge on any atom is 0.320 e. The number of para-hydroxylation sites is 1. The summed E-state index contributed by atoms with van der Waals surface area (Å²) in [6, 6.07) is 19.5. The first-order chi connectivity index (χ1) is 23.0. The number of nitrogens with one attached hydrogen (secondary N) is 2. The molecule has 5 rings (SSSR count). The van der Waals surface area contributed by atoms with E-state index in [1.54, 1.807) is 81.3 Å². The largest absolute Gasteiger partial charge is 0.497 e. The predicted molar refractivity (Wildman–Crippen MR) is 178 cm³/mol. The Bertz CT molecular complexity index is 1950. The number of methoxy groups -OCH3 is 1. The van der Waals surface area contributed by atoms with Crippen LogP contribution in [0.2, 0.25) is 0 Å². The standard InChI is InChI=1S/C32H32N6O6.C2H4O2/c1-20(43-29(39)18-33-3)19-37-21(2)30(32(41)38(37)22-8-6-5-7-9-22)31(40)36-28-13-11-24(17-35-28)44-27-14-15-34-26-16-23(42-4)10-12-25(26)27;1-2(3)4/h5-17,20,33H,18-19H2,1-4H3,(H,35,36,40);1H3,(H,3,4)/t20-;/m1./s1. The molecule has 0 unspecified atom stereocenters. The third-order valence-corrected chi connectivity index (χ3v) is 6.82. The molecule has 3 heterocycles. The molecular formula is C34H36N6O8. The Morgan fingerprint density at radius 3 is 2.35 bits per heavy atom. The molecule has 0 saturated carbocycles. The number of aromatic nitrogens is 4. The van der Waals surface area contributed by atoms with E-state index in [9.17, 15) is 14.4 Å². The molecule has 1 amide bonds. The van der Waals surface area contributed by atoms with Crippen LogP contribution in [0, 0.1) is 6.92 Å². The van der Waals surface area contributed by atoms with E-state index in [1.165, 1.54) is 10.9 Å². The van der Waals surface area contributed by atoms with Gasteiger partial charge in [0.25, 0.3) is 17.4 Å². The van der Waals surface area contributed by atoms with E-state index in [0.29, 0.717) is 34.1 Å². The van der Waals surface area contributed by atoms with Gasteiger partial charge in [0, 0.05) is 24.6 Å². The number of amides is 1. The molecule has 48 heavy (non-hydrogen) atoms. The van der Waals surface area contributed by atoms with Gasteiger partial charge in [0.2, 0.25) is 0 Å². The molecule has 0 fully saturated rings. The molecule has 14 heteroatoms. The van der Waals surface area contributed by atoms with Crippen molar-refractivity contribution < 1.29 is 33.7 Å². The average molecular weight is 657 g/mol. The number of rotatable bonds is 11. The second-order valence-electron chi connectivity index (χ2n) is 10.5. The van der Waals surface area contributed by atoms with Crippen LogP contribution in [0.25, 0.3) is 16.6 Å². The summed E-state index contributed by atoms with van der Waals surface area (Å²) < 4.78 is 19.8. The number of nitrogens with zero attached hydrogens (tertiary/aromatic N) is 4. The van der Waals surface area contributed by atoms with Crippen molar-refractivity contribution in [3.05, 3.63) is 101 Å². The number of aliphatic carboxylic acids is 1. The highest BCUT2D eigenvalue weighted by Crippen LogP contribution is 2.30. The van der Waals surface area contributed by atoms with Crippen LogP contribution in [0.3, 0.4) is 0 Å². The number of benzene rings is 2. The Labute approximate surface area is 275 Å². The van der Waals surface area contributed by atoms with Crippen LogP contribution in [0.1, 0.15) is 29.9 Å². The van der Waals surface area contributed by atoms with E-state index in [2.05, 4.69) is 20.6 Å². The van der Waals surface area contributed by atoms with Crippen molar-refractivity contribution in [3.63, 3.8) is 0 Å². The van der Waals surface area contributed by atoms with Crippen molar-refractivity contribution in [3.8, 4) is 22.9 Å². The molecule has 0 saturated heterocycles. The van der Waals surface area contributed by atoms with Crippen molar-refractivity contribution in [2.24, 2.45) is 0 Å². The van der Waals surface area contributed by atoms with Crippen molar-refractivity contribution in [2.45, 2.75) is 33.4 Å². The normalized spacial score (nSPS) is 11.2. The summed E-state index contributed by atoms with van der Waals surface area (Å²) in [6.45, 7) is 4.70. The van der Waals surface area contributed by atoms with Gasteiger partial charge in [-0.05, 0) is 63.4 Å². The molecule has 2 aromatic carbocycles. The molecule has 5 aromatic rings. The maximum atomic E-state index is 13.7. The summed E-state index contributed by atoms with van der Waals surface area (Å²) >= 11 is 0. The number of esters is 1. The minimum Gasteiger partial charge on any atom is -0.497 e. The second kappa shape index (κ2) is 16.0. The number of hydrogen-bond acceptors (Lipinski definition) is 10. The van der Waals surface area contributed by atoms with Gasteiger partial charge in [0.05, 0.1) is 43.3 Å². The zero-order chi connectivity index (χ0) is 34.8. The lowest BCUT2D eigenvalue weighted by Crippen LogP contribution is -2.30. The van der Waals surface area contributed by atoms with Crippen LogP contribution in [0.4, 0.5) is 5.82 Å². The Morgan fingerprint density at radius 1 is 1.00 bits per heavy atom. The molecule has 0 radical (unpaired) electrons. The third-order valence-electron chi connectivity index (χ3n) is 6.82.